The minimum atomic E-state index is -0.0971. The van der Waals surface area contributed by atoms with Gasteiger partial charge in [-0.05, 0) is 26.3 Å². The molecule has 0 saturated heterocycles. The van der Waals surface area contributed by atoms with E-state index in [4.69, 9.17) is 18.0 Å². The van der Waals surface area contributed by atoms with E-state index in [1.807, 2.05) is 6.92 Å². The van der Waals surface area contributed by atoms with Crippen molar-refractivity contribution in [2.45, 2.75) is 27.2 Å². The molecule has 0 spiro atoms. The molecule has 0 bridgehead atoms. The number of carbonyl (C=O) groups excluding carboxylic acids is 1. The third kappa shape index (κ3) is 3.73. The molecular weight excluding hydrogens is 248 g/mol. The van der Waals surface area contributed by atoms with E-state index in [0.717, 1.165) is 12.1 Å². The Balaban J connectivity index is 3.01. The summed E-state index contributed by atoms with van der Waals surface area (Å²) in [5.74, 6) is -0.0971. The van der Waals surface area contributed by atoms with Gasteiger partial charge < -0.3 is 10.6 Å². The molecule has 0 aromatic carbocycles. The molecule has 0 aliphatic rings. The number of hydrogen-bond acceptors (Lipinski definition) is 4. The molecule has 0 unspecified atom stereocenters. The Bertz CT molecular complexity index is 461. The minimum absolute atomic E-state index is 0.0971. The average molecular weight is 266 g/mol. The fourth-order valence-electron chi connectivity index (χ4n) is 1.65. The van der Waals surface area contributed by atoms with E-state index >= 15 is 0 Å². The number of carbonyl (C=O) groups is 1. The summed E-state index contributed by atoms with van der Waals surface area (Å²) in [6.45, 7) is 6.49. The molecule has 6 heteroatoms. The summed E-state index contributed by atoms with van der Waals surface area (Å²) < 4.78 is 0. The normalized spacial score (nSPS) is 10.2. The van der Waals surface area contributed by atoms with Gasteiger partial charge in [0.25, 0.3) is 5.91 Å². The molecule has 0 radical (unpaired) electrons. The Hall–Kier alpha value is -1.56. The molecule has 1 amide bonds. The topological polar surface area (TPSA) is 72.1 Å². The van der Waals surface area contributed by atoms with E-state index in [1.165, 1.54) is 0 Å². The van der Waals surface area contributed by atoms with Gasteiger partial charge in [0.2, 0.25) is 0 Å². The summed E-state index contributed by atoms with van der Waals surface area (Å²) in [5.41, 5.74) is 7.42. The summed E-state index contributed by atoms with van der Waals surface area (Å²) in [5, 5.41) is 7.88. The second-order valence-electron chi connectivity index (χ2n) is 4.18. The summed E-state index contributed by atoms with van der Waals surface area (Å²) in [6, 6.07) is 1.74. The van der Waals surface area contributed by atoms with Crippen LogP contribution in [0.25, 0.3) is 0 Å². The van der Waals surface area contributed by atoms with Gasteiger partial charge in [-0.1, -0.05) is 19.1 Å². The van der Waals surface area contributed by atoms with Crippen molar-refractivity contribution >= 4 is 23.1 Å². The van der Waals surface area contributed by atoms with Crippen LogP contribution in [-0.2, 0) is 0 Å². The van der Waals surface area contributed by atoms with Gasteiger partial charge in [0.1, 0.15) is 0 Å². The van der Waals surface area contributed by atoms with Crippen LogP contribution in [0.3, 0.4) is 0 Å². The van der Waals surface area contributed by atoms with Gasteiger partial charge in [-0.25, -0.2) is 0 Å². The molecule has 0 aliphatic carbocycles. The third-order valence-corrected chi connectivity index (χ3v) is 2.59. The van der Waals surface area contributed by atoms with Crippen molar-refractivity contribution in [1.29, 1.82) is 0 Å². The van der Waals surface area contributed by atoms with Crippen molar-refractivity contribution in [2.24, 2.45) is 5.73 Å². The molecule has 0 fully saturated rings. The molecule has 18 heavy (non-hydrogen) atoms. The van der Waals surface area contributed by atoms with Crippen LogP contribution < -0.4 is 5.73 Å². The van der Waals surface area contributed by atoms with Gasteiger partial charge >= 0.3 is 0 Å². The first kappa shape index (κ1) is 14.5. The highest BCUT2D eigenvalue weighted by molar-refractivity contribution is 7.80. The van der Waals surface area contributed by atoms with Gasteiger partial charge in [0.15, 0.2) is 0 Å². The number of hydrogen-bond donors (Lipinski definition) is 1. The number of aryl methyl sites for hydroxylation is 2. The highest BCUT2D eigenvalue weighted by Gasteiger charge is 2.18. The maximum absolute atomic E-state index is 12.4. The van der Waals surface area contributed by atoms with Crippen molar-refractivity contribution < 1.29 is 4.79 Å². The van der Waals surface area contributed by atoms with Crippen molar-refractivity contribution in [1.82, 2.24) is 15.1 Å². The molecule has 2 N–H and O–H groups in total. The first-order chi connectivity index (χ1) is 8.45. The first-order valence-electron chi connectivity index (χ1n) is 5.84. The van der Waals surface area contributed by atoms with E-state index in [1.54, 1.807) is 24.8 Å². The maximum Gasteiger partial charge on any atom is 0.256 e. The molecule has 1 aromatic heterocycles. The Morgan fingerprint density at radius 2 is 2.11 bits per heavy atom. The minimum Gasteiger partial charge on any atom is -0.392 e. The summed E-state index contributed by atoms with van der Waals surface area (Å²) >= 11 is 4.87. The van der Waals surface area contributed by atoms with Crippen LogP contribution in [0.15, 0.2) is 6.07 Å². The number of amides is 1. The zero-order valence-corrected chi connectivity index (χ0v) is 11.8. The summed E-state index contributed by atoms with van der Waals surface area (Å²) in [4.78, 5) is 14.3. The lowest BCUT2D eigenvalue weighted by Crippen LogP contribution is -2.38. The molecule has 98 valence electrons. The van der Waals surface area contributed by atoms with Gasteiger partial charge in [0.05, 0.1) is 28.5 Å². The van der Waals surface area contributed by atoms with Crippen LogP contribution in [0.5, 0.6) is 0 Å². The highest BCUT2D eigenvalue weighted by atomic mass is 32.1. The van der Waals surface area contributed by atoms with Crippen molar-refractivity contribution in [3.63, 3.8) is 0 Å². The Labute approximate surface area is 112 Å². The first-order valence-corrected chi connectivity index (χ1v) is 6.25. The third-order valence-electron chi connectivity index (χ3n) is 2.46. The summed E-state index contributed by atoms with van der Waals surface area (Å²) in [7, 11) is 0. The van der Waals surface area contributed by atoms with Crippen LogP contribution in [-0.4, -0.2) is 39.1 Å². The standard InChI is InChI=1S/C12H18N4OS/c1-4-5-16(7-11(13)18)12(17)10-6-8(2)14-15-9(10)3/h6H,4-5,7H2,1-3H3,(H2,13,18). The number of thiocarbonyl (C=S) groups is 1. The van der Waals surface area contributed by atoms with Gasteiger partial charge in [-0.2, -0.15) is 10.2 Å². The second-order valence-corrected chi connectivity index (χ2v) is 4.70. The van der Waals surface area contributed by atoms with Crippen LogP contribution in [0.4, 0.5) is 0 Å². The van der Waals surface area contributed by atoms with E-state index in [-0.39, 0.29) is 5.91 Å². The number of rotatable bonds is 5. The van der Waals surface area contributed by atoms with Gasteiger partial charge in [0, 0.05) is 6.54 Å². The quantitative estimate of drug-likeness (QED) is 0.812. The maximum atomic E-state index is 12.4. The lowest BCUT2D eigenvalue weighted by atomic mass is 10.1. The Morgan fingerprint density at radius 1 is 1.44 bits per heavy atom. The zero-order valence-electron chi connectivity index (χ0n) is 10.9. The molecule has 0 saturated carbocycles. The number of aromatic nitrogens is 2. The van der Waals surface area contributed by atoms with Gasteiger partial charge in [-0.15, -0.1) is 0 Å². The van der Waals surface area contributed by atoms with Gasteiger partial charge in [-0.3, -0.25) is 4.79 Å². The van der Waals surface area contributed by atoms with E-state index in [0.29, 0.717) is 29.3 Å². The fourth-order valence-corrected chi connectivity index (χ4v) is 1.80. The largest absolute Gasteiger partial charge is 0.392 e. The molecule has 1 aromatic rings. The number of nitrogens with zero attached hydrogens (tertiary/aromatic N) is 3. The van der Waals surface area contributed by atoms with E-state index in [9.17, 15) is 4.79 Å². The predicted molar refractivity (Wildman–Crippen MR) is 74.5 cm³/mol. The predicted octanol–water partition coefficient (Wildman–Crippen LogP) is 1.23. The monoisotopic (exact) mass is 266 g/mol. The molecule has 0 aliphatic heterocycles. The second kappa shape index (κ2) is 6.39. The fraction of sp³-hybridized carbons (Fsp3) is 0.500. The highest BCUT2D eigenvalue weighted by Crippen LogP contribution is 2.10. The molecule has 1 rings (SSSR count). The van der Waals surface area contributed by atoms with Crippen LogP contribution in [0, 0.1) is 13.8 Å². The molecule has 5 nitrogen and oxygen atoms in total. The lowest BCUT2D eigenvalue weighted by Gasteiger charge is -2.22. The van der Waals surface area contributed by atoms with Crippen molar-refractivity contribution in [2.75, 3.05) is 13.1 Å². The molecular formula is C12H18N4OS. The van der Waals surface area contributed by atoms with E-state index in [2.05, 4.69) is 10.2 Å². The van der Waals surface area contributed by atoms with Crippen LogP contribution in [0.1, 0.15) is 35.1 Å². The van der Waals surface area contributed by atoms with Crippen LogP contribution in [0.2, 0.25) is 0 Å². The smallest absolute Gasteiger partial charge is 0.256 e. The molecule has 1 heterocycles. The van der Waals surface area contributed by atoms with Crippen molar-refractivity contribution in [3.05, 3.63) is 23.0 Å². The van der Waals surface area contributed by atoms with Crippen molar-refractivity contribution in [3.8, 4) is 0 Å². The molecule has 0 atom stereocenters. The van der Waals surface area contributed by atoms with Crippen LogP contribution >= 0.6 is 12.2 Å². The SMILES string of the molecule is CCCN(CC(N)=S)C(=O)c1cc(C)nnc1C. The average Bonchev–Trinajstić information content (AvgIpc) is 2.30. The Kier molecular flexibility index (Phi) is 5.15. The summed E-state index contributed by atoms with van der Waals surface area (Å²) in [6.07, 6.45) is 0.852. The zero-order chi connectivity index (χ0) is 13.7. The number of nitrogens with two attached hydrogens (primary N) is 1. The lowest BCUT2D eigenvalue weighted by molar-refractivity contribution is 0.0778. The Morgan fingerprint density at radius 3 is 2.67 bits per heavy atom. The van der Waals surface area contributed by atoms with E-state index < -0.39 is 0 Å².